The highest BCUT2D eigenvalue weighted by Gasteiger charge is 2.32. The molecule has 4 rings (SSSR count). The number of carboxylic acid groups (broad SMARTS) is 1. The van der Waals surface area contributed by atoms with E-state index >= 15 is 0 Å². The van der Waals surface area contributed by atoms with Crippen LogP contribution in [-0.2, 0) is 11.8 Å². The number of carbonyl (C=O) groups is 1. The Bertz CT molecular complexity index is 988. The predicted octanol–water partition coefficient (Wildman–Crippen LogP) is 6.52. The molecule has 1 unspecified atom stereocenters. The molecule has 0 aromatic heterocycles. The van der Waals surface area contributed by atoms with Gasteiger partial charge >= 0.3 is 5.97 Å². The van der Waals surface area contributed by atoms with Gasteiger partial charge in [-0.05, 0) is 60.1 Å². The second-order valence-electron chi connectivity index (χ2n) is 7.94. The van der Waals surface area contributed by atoms with Gasteiger partial charge < -0.3 is 5.11 Å². The summed E-state index contributed by atoms with van der Waals surface area (Å²) in [6.45, 7) is 0. The fourth-order valence-corrected chi connectivity index (χ4v) is 4.48. The minimum atomic E-state index is -0.880. The predicted molar refractivity (Wildman–Crippen MR) is 118 cm³/mol. The summed E-state index contributed by atoms with van der Waals surface area (Å²) in [6.07, 6.45) is 7.91. The second kappa shape index (κ2) is 8.48. The summed E-state index contributed by atoms with van der Waals surface area (Å²) in [5.74, 6) is -0.880. The first kappa shape index (κ1) is 19.2. The Kier molecular flexibility index (Phi) is 5.62. The van der Waals surface area contributed by atoms with Gasteiger partial charge in [0.2, 0.25) is 0 Å². The van der Waals surface area contributed by atoms with Gasteiger partial charge in [0.25, 0.3) is 0 Å². The lowest BCUT2D eigenvalue weighted by atomic mass is 9.71. The van der Waals surface area contributed by atoms with Crippen LogP contribution >= 0.6 is 0 Å². The first-order valence-electron chi connectivity index (χ1n) is 10.3. The molecule has 0 bridgehead atoms. The van der Waals surface area contributed by atoms with Gasteiger partial charge in [0.05, 0.1) is 5.56 Å². The SMILES string of the molecule is O=C(O)c1ccc(CC2(c3ccccc3)C=C(c3ccccc3)CCCC2)cc1. The molecule has 0 radical (unpaired) electrons. The normalized spacial score (nSPS) is 19.2. The highest BCUT2D eigenvalue weighted by atomic mass is 16.4. The molecule has 1 aliphatic rings. The van der Waals surface area contributed by atoms with Crippen LogP contribution in [0.2, 0.25) is 0 Å². The molecule has 1 aliphatic carbocycles. The number of aromatic carboxylic acids is 1. The van der Waals surface area contributed by atoms with Crippen molar-refractivity contribution in [2.24, 2.45) is 0 Å². The summed E-state index contributed by atoms with van der Waals surface area (Å²) in [6, 6.07) is 28.8. The quantitative estimate of drug-likeness (QED) is 0.545. The van der Waals surface area contributed by atoms with Gasteiger partial charge in [-0.3, -0.25) is 0 Å². The summed E-state index contributed by atoms with van der Waals surface area (Å²) in [7, 11) is 0. The van der Waals surface area contributed by atoms with E-state index in [2.05, 4.69) is 66.7 Å². The fraction of sp³-hybridized carbons (Fsp3) is 0.222. The average Bonchev–Trinajstić information content (AvgIpc) is 2.99. The van der Waals surface area contributed by atoms with Crippen molar-refractivity contribution < 1.29 is 9.90 Å². The van der Waals surface area contributed by atoms with Gasteiger partial charge in [-0.25, -0.2) is 4.79 Å². The zero-order valence-corrected chi connectivity index (χ0v) is 16.6. The summed E-state index contributed by atoms with van der Waals surface area (Å²) < 4.78 is 0. The molecule has 0 aliphatic heterocycles. The molecule has 1 N–H and O–H groups in total. The van der Waals surface area contributed by atoms with E-state index in [-0.39, 0.29) is 5.41 Å². The minimum absolute atomic E-state index is 0.0896. The van der Waals surface area contributed by atoms with Crippen LogP contribution in [0.5, 0.6) is 0 Å². The third-order valence-corrected chi connectivity index (χ3v) is 5.98. The first-order chi connectivity index (χ1) is 14.2. The Balaban J connectivity index is 1.79. The fourth-order valence-electron chi connectivity index (χ4n) is 4.48. The van der Waals surface area contributed by atoms with E-state index in [0.29, 0.717) is 5.56 Å². The number of hydrogen-bond donors (Lipinski definition) is 1. The Morgan fingerprint density at radius 1 is 0.828 bits per heavy atom. The minimum Gasteiger partial charge on any atom is -0.478 e. The maximum atomic E-state index is 11.2. The van der Waals surface area contributed by atoms with Gasteiger partial charge in [-0.15, -0.1) is 0 Å². The summed E-state index contributed by atoms with van der Waals surface area (Å²) >= 11 is 0. The van der Waals surface area contributed by atoms with Crippen LogP contribution in [0.3, 0.4) is 0 Å². The molecule has 1 atom stereocenters. The van der Waals surface area contributed by atoms with Crippen LogP contribution in [0.1, 0.15) is 52.7 Å². The van der Waals surface area contributed by atoms with E-state index in [1.54, 1.807) is 12.1 Å². The number of benzene rings is 3. The highest BCUT2D eigenvalue weighted by Crippen LogP contribution is 2.41. The van der Waals surface area contributed by atoms with Crippen molar-refractivity contribution in [2.45, 2.75) is 37.5 Å². The lowest BCUT2D eigenvalue weighted by molar-refractivity contribution is 0.0697. The molecule has 3 aromatic rings. The lowest BCUT2D eigenvalue weighted by Crippen LogP contribution is -2.26. The van der Waals surface area contributed by atoms with Crippen molar-refractivity contribution in [1.29, 1.82) is 0 Å². The highest BCUT2D eigenvalue weighted by molar-refractivity contribution is 5.87. The van der Waals surface area contributed by atoms with Crippen molar-refractivity contribution in [1.82, 2.24) is 0 Å². The van der Waals surface area contributed by atoms with Crippen LogP contribution in [0.25, 0.3) is 5.57 Å². The molecule has 29 heavy (non-hydrogen) atoms. The largest absolute Gasteiger partial charge is 0.478 e. The third kappa shape index (κ3) is 4.32. The molecular formula is C27H26O2. The van der Waals surface area contributed by atoms with Crippen LogP contribution in [0.4, 0.5) is 0 Å². The molecular weight excluding hydrogens is 356 g/mol. The van der Waals surface area contributed by atoms with Crippen LogP contribution in [0, 0.1) is 0 Å². The first-order valence-corrected chi connectivity index (χ1v) is 10.3. The number of carboxylic acids is 1. The van der Waals surface area contributed by atoms with Gasteiger partial charge in [-0.2, -0.15) is 0 Å². The molecule has 0 saturated carbocycles. The molecule has 2 heteroatoms. The van der Waals surface area contributed by atoms with Gasteiger partial charge in [0.1, 0.15) is 0 Å². The zero-order valence-electron chi connectivity index (χ0n) is 16.6. The molecule has 0 heterocycles. The van der Waals surface area contributed by atoms with Crippen LogP contribution in [-0.4, -0.2) is 11.1 Å². The summed E-state index contributed by atoms with van der Waals surface area (Å²) in [4.78, 5) is 11.2. The average molecular weight is 383 g/mol. The molecule has 0 saturated heterocycles. The number of rotatable bonds is 5. The van der Waals surface area contributed by atoms with Crippen LogP contribution < -0.4 is 0 Å². The third-order valence-electron chi connectivity index (χ3n) is 5.98. The van der Waals surface area contributed by atoms with Gasteiger partial charge in [0, 0.05) is 5.41 Å². The summed E-state index contributed by atoms with van der Waals surface area (Å²) in [5.41, 5.74) is 5.46. The van der Waals surface area contributed by atoms with Crippen LogP contribution in [0.15, 0.2) is 91.0 Å². The second-order valence-corrected chi connectivity index (χ2v) is 7.94. The Labute approximate surface area is 172 Å². The van der Waals surface area contributed by atoms with Crippen molar-refractivity contribution in [3.05, 3.63) is 113 Å². The topological polar surface area (TPSA) is 37.3 Å². The van der Waals surface area contributed by atoms with Crippen molar-refractivity contribution in [3.63, 3.8) is 0 Å². The molecule has 0 spiro atoms. The smallest absolute Gasteiger partial charge is 0.335 e. The molecule has 3 aromatic carbocycles. The molecule has 146 valence electrons. The summed E-state index contributed by atoms with van der Waals surface area (Å²) in [5, 5.41) is 9.21. The standard InChI is InChI=1S/C27H26O2/c28-26(29)23-16-14-21(15-17-23)19-27(25-12-5-2-6-13-25)18-8-7-11-24(20-27)22-9-3-1-4-10-22/h1-6,9-10,12-17,20H,7-8,11,18-19H2,(H,28,29). The van der Waals surface area contributed by atoms with E-state index in [0.717, 1.165) is 19.3 Å². The Morgan fingerprint density at radius 3 is 2.14 bits per heavy atom. The lowest BCUT2D eigenvalue weighted by Gasteiger charge is -2.32. The molecule has 0 fully saturated rings. The maximum Gasteiger partial charge on any atom is 0.335 e. The van der Waals surface area contributed by atoms with Crippen molar-refractivity contribution in [3.8, 4) is 0 Å². The van der Waals surface area contributed by atoms with E-state index in [9.17, 15) is 9.90 Å². The Morgan fingerprint density at radius 2 is 1.48 bits per heavy atom. The van der Waals surface area contributed by atoms with E-state index in [4.69, 9.17) is 0 Å². The molecule has 0 amide bonds. The number of allylic oxidation sites excluding steroid dienone is 2. The van der Waals surface area contributed by atoms with Gasteiger partial charge in [-0.1, -0.05) is 85.3 Å². The maximum absolute atomic E-state index is 11.2. The number of hydrogen-bond acceptors (Lipinski definition) is 1. The molecule has 2 nitrogen and oxygen atoms in total. The Hall–Kier alpha value is -3.13. The van der Waals surface area contributed by atoms with Crippen molar-refractivity contribution in [2.75, 3.05) is 0 Å². The van der Waals surface area contributed by atoms with E-state index < -0.39 is 5.97 Å². The van der Waals surface area contributed by atoms with Gasteiger partial charge in [0.15, 0.2) is 0 Å². The van der Waals surface area contributed by atoms with Crippen molar-refractivity contribution >= 4 is 11.5 Å². The zero-order chi connectivity index (χ0) is 20.1. The van der Waals surface area contributed by atoms with E-state index in [1.165, 1.54) is 35.1 Å². The monoisotopic (exact) mass is 382 g/mol. The van der Waals surface area contributed by atoms with E-state index in [1.807, 2.05) is 12.1 Å².